The molecule has 96 valence electrons. The Labute approximate surface area is 114 Å². The number of halogens is 1. The van der Waals surface area contributed by atoms with Gasteiger partial charge in [0.15, 0.2) is 0 Å². The number of benzene rings is 1. The van der Waals surface area contributed by atoms with Gasteiger partial charge in [0.1, 0.15) is 0 Å². The molecule has 0 aliphatic heterocycles. The van der Waals surface area contributed by atoms with E-state index in [2.05, 4.69) is 39.1 Å². The molecule has 1 nitrogen and oxygen atoms in total. The molecule has 0 aliphatic rings. The largest absolute Gasteiger partial charge is 0.310 e. The summed E-state index contributed by atoms with van der Waals surface area (Å²) in [5.74, 6) is 1.79. The summed E-state index contributed by atoms with van der Waals surface area (Å²) < 4.78 is 0. The molecular formula is C14H22ClNS. The first-order valence-corrected chi connectivity index (χ1v) is 7.50. The molecule has 1 aromatic rings. The summed E-state index contributed by atoms with van der Waals surface area (Å²) in [6.07, 6.45) is 0. The van der Waals surface area contributed by atoms with Gasteiger partial charge in [0, 0.05) is 23.2 Å². The van der Waals surface area contributed by atoms with Gasteiger partial charge in [0.05, 0.1) is 5.02 Å². The SMILES string of the molecule is CC(C)CSc1c(Cl)cccc1CNC(C)C. The lowest BCUT2D eigenvalue weighted by molar-refractivity contribution is 0.584. The highest BCUT2D eigenvalue weighted by Crippen LogP contribution is 2.31. The molecule has 17 heavy (non-hydrogen) atoms. The van der Waals surface area contributed by atoms with Crippen LogP contribution in [0.4, 0.5) is 0 Å². The third kappa shape index (κ3) is 5.33. The predicted octanol–water partition coefficient (Wildman–Crippen LogP) is 4.59. The van der Waals surface area contributed by atoms with Crippen LogP contribution in [0.3, 0.4) is 0 Å². The summed E-state index contributed by atoms with van der Waals surface area (Å²) in [5, 5.41) is 4.32. The highest BCUT2D eigenvalue weighted by Gasteiger charge is 2.08. The molecular weight excluding hydrogens is 250 g/mol. The Kier molecular flexibility index (Phi) is 6.39. The molecule has 0 aliphatic carbocycles. The zero-order chi connectivity index (χ0) is 12.8. The fourth-order valence-corrected chi connectivity index (χ4v) is 2.81. The van der Waals surface area contributed by atoms with Crippen LogP contribution in [0.5, 0.6) is 0 Å². The first kappa shape index (κ1) is 14.9. The number of rotatable bonds is 6. The molecule has 0 unspecified atom stereocenters. The standard InChI is InChI=1S/C14H22ClNS/c1-10(2)9-17-14-12(8-16-11(3)4)6-5-7-13(14)15/h5-7,10-11,16H,8-9H2,1-4H3. The zero-order valence-electron chi connectivity index (χ0n) is 11.1. The average molecular weight is 272 g/mol. The van der Waals surface area contributed by atoms with Crippen molar-refractivity contribution in [1.82, 2.24) is 5.32 Å². The Morgan fingerprint density at radius 1 is 1.24 bits per heavy atom. The van der Waals surface area contributed by atoms with E-state index in [4.69, 9.17) is 11.6 Å². The lowest BCUT2D eigenvalue weighted by atomic mass is 10.2. The Bertz CT molecular complexity index is 350. The van der Waals surface area contributed by atoms with Gasteiger partial charge in [-0.25, -0.2) is 0 Å². The van der Waals surface area contributed by atoms with Gasteiger partial charge in [-0.1, -0.05) is 51.4 Å². The molecule has 0 spiro atoms. The van der Waals surface area contributed by atoms with Gasteiger partial charge in [-0.05, 0) is 17.5 Å². The second kappa shape index (κ2) is 7.30. The van der Waals surface area contributed by atoms with E-state index in [0.717, 1.165) is 17.3 Å². The molecule has 1 aromatic carbocycles. The highest BCUT2D eigenvalue weighted by atomic mass is 35.5. The van der Waals surface area contributed by atoms with Gasteiger partial charge in [0.25, 0.3) is 0 Å². The van der Waals surface area contributed by atoms with Crippen molar-refractivity contribution in [1.29, 1.82) is 0 Å². The van der Waals surface area contributed by atoms with E-state index < -0.39 is 0 Å². The molecule has 1 rings (SSSR count). The molecule has 0 aromatic heterocycles. The minimum Gasteiger partial charge on any atom is -0.310 e. The van der Waals surface area contributed by atoms with Crippen molar-refractivity contribution in [3.8, 4) is 0 Å². The lowest BCUT2D eigenvalue weighted by Gasteiger charge is -2.14. The molecule has 0 amide bonds. The van der Waals surface area contributed by atoms with Crippen molar-refractivity contribution >= 4 is 23.4 Å². The van der Waals surface area contributed by atoms with Crippen LogP contribution in [0.15, 0.2) is 23.1 Å². The van der Waals surface area contributed by atoms with E-state index >= 15 is 0 Å². The molecule has 0 fully saturated rings. The number of hydrogen-bond donors (Lipinski definition) is 1. The zero-order valence-corrected chi connectivity index (χ0v) is 12.7. The van der Waals surface area contributed by atoms with Gasteiger partial charge in [-0.2, -0.15) is 0 Å². The molecule has 1 N–H and O–H groups in total. The topological polar surface area (TPSA) is 12.0 Å². The van der Waals surface area contributed by atoms with Crippen LogP contribution in [-0.2, 0) is 6.54 Å². The van der Waals surface area contributed by atoms with Crippen molar-refractivity contribution < 1.29 is 0 Å². The van der Waals surface area contributed by atoms with E-state index in [0.29, 0.717) is 12.0 Å². The fraction of sp³-hybridized carbons (Fsp3) is 0.571. The van der Waals surface area contributed by atoms with Crippen LogP contribution in [0, 0.1) is 5.92 Å². The smallest absolute Gasteiger partial charge is 0.0545 e. The summed E-state index contributed by atoms with van der Waals surface area (Å²) >= 11 is 8.14. The third-order valence-corrected chi connectivity index (χ3v) is 4.34. The minimum atomic E-state index is 0.497. The Balaban J connectivity index is 2.76. The van der Waals surface area contributed by atoms with E-state index in [1.54, 1.807) is 0 Å². The summed E-state index contributed by atoms with van der Waals surface area (Å²) in [6.45, 7) is 9.67. The minimum absolute atomic E-state index is 0.497. The predicted molar refractivity (Wildman–Crippen MR) is 79.0 cm³/mol. The number of thioether (sulfide) groups is 1. The number of hydrogen-bond acceptors (Lipinski definition) is 2. The fourth-order valence-electron chi connectivity index (χ4n) is 1.42. The van der Waals surface area contributed by atoms with Crippen LogP contribution < -0.4 is 5.32 Å². The summed E-state index contributed by atoms with van der Waals surface area (Å²) in [6, 6.07) is 6.66. The van der Waals surface area contributed by atoms with Gasteiger partial charge in [0.2, 0.25) is 0 Å². The Hall–Kier alpha value is -0.180. The molecule has 0 heterocycles. The van der Waals surface area contributed by atoms with E-state index in [9.17, 15) is 0 Å². The van der Waals surface area contributed by atoms with E-state index in [1.807, 2.05) is 23.9 Å². The van der Waals surface area contributed by atoms with E-state index in [1.165, 1.54) is 10.5 Å². The molecule has 3 heteroatoms. The quantitative estimate of drug-likeness (QED) is 0.760. The van der Waals surface area contributed by atoms with Crippen molar-refractivity contribution in [3.05, 3.63) is 28.8 Å². The normalized spacial score (nSPS) is 11.5. The van der Waals surface area contributed by atoms with Gasteiger partial charge < -0.3 is 5.32 Å². The monoisotopic (exact) mass is 271 g/mol. The molecule has 0 atom stereocenters. The summed E-state index contributed by atoms with van der Waals surface area (Å²) in [4.78, 5) is 1.23. The van der Waals surface area contributed by atoms with Crippen molar-refractivity contribution in [2.45, 2.75) is 45.2 Å². The van der Waals surface area contributed by atoms with E-state index in [-0.39, 0.29) is 0 Å². The van der Waals surface area contributed by atoms with Crippen LogP contribution in [0.25, 0.3) is 0 Å². The lowest BCUT2D eigenvalue weighted by Crippen LogP contribution is -2.22. The first-order chi connectivity index (χ1) is 8.00. The summed E-state index contributed by atoms with van der Waals surface area (Å²) in [5.41, 5.74) is 1.30. The Morgan fingerprint density at radius 3 is 2.53 bits per heavy atom. The second-order valence-corrected chi connectivity index (χ2v) is 6.41. The number of nitrogens with one attached hydrogen (secondary N) is 1. The third-order valence-electron chi connectivity index (χ3n) is 2.31. The maximum absolute atomic E-state index is 6.28. The first-order valence-electron chi connectivity index (χ1n) is 6.14. The van der Waals surface area contributed by atoms with Gasteiger partial charge >= 0.3 is 0 Å². The maximum atomic E-state index is 6.28. The van der Waals surface area contributed by atoms with Crippen LogP contribution in [0.1, 0.15) is 33.3 Å². The van der Waals surface area contributed by atoms with Crippen LogP contribution in [0.2, 0.25) is 5.02 Å². The molecule has 0 saturated carbocycles. The second-order valence-electron chi connectivity index (χ2n) is 4.97. The van der Waals surface area contributed by atoms with Crippen molar-refractivity contribution in [2.75, 3.05) is 5.75 Å². The molecule has 0 saturated heterocycles. The van der Waals surface area contributed by atoms with Crippen molar-refractivity contribution in [3.63, 3.8) is 0 Å². The molecule has 0 bridgehead atoms. The maximum Gasteiger partial charge on any atom is 0.0545 e. The average Bonchev–Trinajstić information content (AvgIpc) is 2.24. The van der Waals surface area contributed by atoms with Crippen molar-refractivity contribution in [2.24, 2.45) is 5.92 Å². The summed E-state index contributed by atoms with van der Waals surface area (Å²) in [7, 11) is 0. The van der Waals surface area contributed by atoms with Crippen LogP contribution in [-0.4, -0.2) is 11.8 Å². The highest BCUT2D eigenvalue weighted by molar-refractivity contribution is 7.99. The van der Waals surface area contributed by atoms with Gasteiger partial charge in [-0.15, -0.1) is 11.8 Å². The van der Waals surface area contributed by atoms with Crippen LogP contribution >= 0.6 is 23.4 Å². The van der Waals surface area contributed by atoms with Gasteiger partial charge in [-0.3, -0.25) is 0 Å². The Morgan fingerprint density at radius 2 is 1.94 bits per heavy atom. The molecule has 0 radical (unpaired) electrons.